The van der Waals surface area contributed by atoms with Crippen LogP contribution in [0.3, 0.4) is 0 Å². The predicted molar refractivity (Wildman–Crippen MR) is 63.9 cm³/mol. The minimum absolute atomic E-state index is 0.242. The summed E-state index contributed by atoms with van der Waals surface area (Å²) in [4.78, 5) is 15.0. The van der Waals surface area contributed by atoms with Gasteiger partial charge in [0.2, 0.25) is 5.91 Å². The Labute approximate surface area is 94.3 Å². The second-order valence-electron chi connectivity index (χ2n) is 3.81. The van der Waals surface area contributed by atoms with Crippen LogP contribution in [-0.4, -0.2) is 10.9 Å². The predicted octanol–water partition coefficient (Wildman–Crippen LogP) is 2.04. The first-order valence-electron chi connectivity index (χ1n) is 5.38. The zero-order chi connectivity index (χ0) is 11.4. The number of benzene rings is 1. The van der Waals surface area contributed by atoms with E-state index in [4.69, 9.17) is 5.73 Å². The van der Waals surface area contributed by atoms with Crippen molar-refractivity contribution >= 4 is 16.8 Å². The number of para-hydroxylation sites is 1. The number of primary amides is 1. The summed E-state index contributed by atoms with van der Waals surface area (Å²) in [6, 6.07) is 10.1. The lowest BCUT2D eigenvalue weighted by Gasteiger charge is -2.04. The number of fused-ring (bicyclic) bond motifs is 1. The minimum atomic E-state index is -0.242. The van der Waals surface area contributed by atoms with Gasteiger partial charge in [-0.3, -0.25) is 9.78 Å². The fraction of sp³-hybridized carbons (Fsp3) is 0.231. The fourth-order valence-corrected chi connectivity index (χ4v) is 1.82. The summed E-state index contributed by atoms with van der Waals surface area (Å²) in [6.07, 6.45) is 3.85. The Hall–Kier alpha value is -1.90. The van der Waals surface area contributed by atoms with Crippen molar-refractivity contribution in [3.63, 3.8) is 0 Å². The van der Waals surface area contributed by atoms with Crippen molar-refractivity contribution < 1.29 is 4.79 Å². The van der Waals surface area contributed by atoms with Gasteiger partial charge in [-0.05, 0) is 24.5 Å². The Kier molecular flexibility index (Phi) is 3.15. The lowest BCUT2D eigenvalue weighted by molar-refractivity contribution is -0.118. The van der Waals surface area contributed by atoms with Crippen LogP contribution in [0.4, 0.5) is 0 Å². The molecule has 1 amide bonds. The number of carbonyl (C=O) groups is 1. The van der Waals surface area contributed by atoms with Crippen LogP contribution in [0.1, 0.15) is 18.4 Å². The molecular weight excluding hydrogens is 200 g/mol. The molecule has 82 valence electrons. The Morgan fingerprint density at radius 1 is 1.25 bits per heavy atom. The second-order valence-corrected chi connectivity index (χ2v) is 3.81. The first-order chi connectivity index (χ1) is 7.77. The van der Waals surface area contributed by atoms with Gasteiger partial charge < -0.3 is 5.73 Å². The summed E-state index contributed by atoms with van der Waals surface area (Å²) in [5.74, 6) is -0.242. The topological polar surface area (TPSA) is 56.0 Å². The van der Waals surface area contributed by atoms with Gasteiger partial charge in [-0.25, -0.2) is 0 Å². The molecule has 0 saturated heterocycles. The molecule has 2 rings (SSSR count). The smallest absolute Gasteiger partial charge is 0.217 e. The van der Waals surface area contributed by atoms with E-state index >= 15 is 0 Å². The Morgan fingerprint density at radius 2 is 2.06 bits per heavy atom. The molecule has 2 aromatic rings. The molecule has 3 nitrogen and oxygen atoms in total. The number of pyridine rings is 1. The fourth-order valence-electron chi connectivity index (χ4n) is 1.82. The normalized spacial score (nSPS) is 10.5. The van der Waals surface area contributed by atoms with Crippen LogP contribution < -0.4 is 5.73 Å². The molecule has 0 saturated carbocycles. The Bertz CT molecular complexity index is 503. The molecule has 0 atom stereocenters. The van der Waals surface area contributed by atoms with E-state index in [2.05, 4.69) is 11.1 Å². The van der Waals surface area contributed by atoms with E-state index in [0.29, 0.717) is 6.42 Å². The molecule has 0 radical (unpaired) electrons. The van der Waals surface area contributed by atoms with Crippen LogP contribution in [0.5, 0.6) is 0 Å². The lowest BCUT2D eigenvalue weighted by Crippen LogP contribution is -2.10. The van der Waals surface area contributed by atoms with Crippen LogP contribution >= 0.6 is 0 Å². The Morgan fingerprint density at radius 3 is 2.88 bits per heavy atom. The van der Waals surface area contributed by atoms with E-state index in [0.717, 1.165) is 23.7 Å². The second kappa shape index (κ2) is 4.75. The van der Waals surface area contributed by atoms with Gasteiger partial charge in [-0.1, -0.05) is 24.3 Å². The zero-order valence-corrected chi connectivity index (χ0v) is 9.02. The highest BCUT2D eigenvalue weighted by Crippen LogP contribution is 2.17. The minimum Gasteiger partial charge on any atom is -0.370 e. The molecule has 2 N–H and O–H groups in total. The number of hydrogen-bond acceptors (Lipinski definition) is 2. The van der Waals surface area contributed by atoms with E-state index in [1.165, 1.54) is 5.56 Å². The highest BCUT2D eigenvalue weighted by molar-refractivity contribution is 5.81. The maximum absolute atomic E-state index is 10.7. The van der Waals surface area contributed by atoms with Gasteiger partial charge in [0.1, 0.15) is 0 Å². The van der Waals surface area contributed by atoms with Crippen molar-refractivity contribution in [1.29, 1.82) is 0 Å². The molecule has 0 aliphatic rings. The summed E-state index contributed by atoms with van der Waals surface area (Å²) in [5, 5.41) is 1.14. The van der Waals surface area contributed by atoms with Gasteiger partial charge >= 0.3 is 0 Å². The monoisotopic (exact) mass is 214 g/mol. The van der Waals surface area contributed by atoms with Crippen LogP contribution in [0, 0.1) is 0 Å². The highest BCUT2D eigenvalue weighted by atomic mass is 16.1. The van der Waals surface area contributed by atoms with E-state index in [-0.39, 0.29) is 5.91 Å². The van der Waals surface area contributed by atoms with Crippen molar-refractivity contribution in [2.24, 2.45) is 5.73 Å². The van der Waals surface area contributed by atoms with E-state index in [1.54, 1.807) is 6.20 Å². The van der Waals surface area contributed by atoms with Crippen LogP contribution in [0.15, 0.2) is 36.5 Å². The van der Waals surface area contributed by atoms with Crippen molar-refractivity contribution in [2.45, 2.75) is 19.3 Å². The summed E-state index contributed by atoms with van der Waals surface area (Å²) >= 11 is 0. The van der Waals surface area contributed by atoms with E-state index in [9.17, 15) is 4.79 Å². The third-order valence-corrected chi connectivity index (χ3v) is 2.59. The molecule has 1 heterocycles. The zero-order valence-electron chi connectivity index (χ0n) is 9.02. The molecule has 0 aliphatic carbocycles. The largest absolute Gasteiger partial charge is 0.370 e. The molecule has 3 heteroatoms. The maximum Gasteiger partial charge on any atom is 0.217 e. The number of aromatic nitrogens is 1. The average molecular weight is 214 g/mol. The standard InChI is InChI=1S/C13H14N2O/c14-12(16)8-2-6-10-4-1-5-11-7-3-9-15-13(10)11/h1,3-5,7,9H,2,6,8H2,(H2,14,16). The molecule has 0 aliphatic heterocycles. The van der Waals surface area contributed by atoms with Gasteiger partial charge in [0, 0.05) is 18.0 Å². The molecular formula is C13H14N2O. The lowest BCUT2D eigenvalue weighted by atomic mass is 10.0. The molecule has 16 heavy (non-hydrogen) atoms. The molecule has 0 spiro atoms. The molecule has 0 fully saturated rings. The van der Waals surface area contributed by atoms with Gasteiger partial charge in [-0.15, -0.1) is 0 Å². The third-order valence-electron chi connectivity index (χ3n) is 2.59. The number of hydrogen-bond donors (Lipinski definition) is 1. The van der Waals surface area contributed by atoms with Crippen molar-refractivity contribution in [2.75, 3.05) is 0 Å². The summed E-state index contributed by atoms with van der Waals surface area (Å²) < 4.78 is 0. The van der Waals surface area contributed by atoms with Gasteiger partial charge in [-0.2, -0.15) is 0 Å². The van der Waals surface area contributed by atoms with Crippen molar-refractivity contribution in [1.82, 2.24) is 4.98 Å². The van der Waals surface area contributed by atoms with Crippen LogP contribution in [0.2, 0.25) is 0 Å². The summed E-state index contributed by atoms with van der Waals surface area (Å²) in [5.41, 5.74) is 7.32. The van der Waals surface area contributed by atoms with Crippen LogP contribution in [0.25, 0.3) is 10.9 Å². The molecule has 1 aromatic heterocycles. The number of carbonyl (C=O) groups excluding carboxylic acids is 1. The Balaban J connectivity index is 2.20. The molecule has 0 unspecified atom stereocenters. The van der Waals surface area contributed by atoms with Gasteiger partial charge in [0.15, 0.2) is 0 Å². The highest BCUT2D eigenvalue weighted by Gasteiger charge is 2.02. The van der Waals surface area contributed by atoms with Gasteiger partial charge in [0.05, 0.1) is 5.52 Å². The molecule has 0 bridgehead atoms. The molecule has 1 aromatic carbocycles. The SMILES string of the molecule is NC(=O)CCCc1cccc2cccnc12. The number of nitrogens with two attached hydrogens (primary N) is 1. The number of rotatable bonds is 4. The van der Waals surface area contributed by atoms with Crippen LogP contribution in [-0.2, 0) is 11.2 Å². The third kappa shape index (κ3) is 2.37. The summed E-state index contributed by atoms with van der Waals surface area (Å²) in [7, 11) is 0. The average Bonchev–Trinajstić information content (AvgIpc) is 2.29. The van der Waals surface area contributed by atoms with Crippen molar-refractivity contribution in [3.05, 3.63) is 42.1 Å². The number of aryl methyl sites for hydroxylation is 1. The quantitative estimate of drug-likeness (QED) is 0.846. The maximum atomic E-state index is 10.7. The van der Waals surface area contributed by atoms with E-state index in [1.807, 2.05) is 24.3 Å². The first-order valence-corrected chi connectivity index (χ1v) is 5.38. The van der Waals surface area contributed by atoms with Gasteiger partial charge in [0.25, 0.3) is 0 Å². The number of nitrogens with zero attached hydrogens (tertiary/aromatic N) is 1. The summed E-state index contributed by atoms with van der Waals surface area (Å²) in [6.45, 7) is 0. The number of amides is 1. The van der Waals surface area contributed by atoms with Crippen molar-refractivity contribution in [3.8, 4) is 0 Å². The first kappa shape index (κ1) is 10.6. The van der Waals surface area contributed by atoms with E-state index < -0.39 is 0 Å².